The van der Waals surface area contributed by atoms with Crippen LogP contribution in [0.2, 0.25) is 0 Å². The Balaban J connectivity index is 4.86. The molecule has 0 unspecified atom stereocenters. The lowest BCUT2D eigenvalue weighted by Gasteiger charge is -2.29. The van der Waals surface area contributed by atoms with E-state index in [2.05, 4.69) is 6.58 Å². The van der Waals surface area contributed by atoms with Gasteiger partial charge in [0.25, 0.3) is 0 Å². The Labute approximate surface area is 102 Å². The minimum atomic E-state index is -1.07. The van der Waals surface area contributed by atoms with E-state index in [1.165, 1.54) is 6.92 Å². The van der Waals surface area contributed by atoms with Crippen molar-refractivity contribution in [3.63, 3.8) is 0 Å². The number of nitrogens with zero attached hydrogens (tertiary/aromatic N) is 1. The highest BCUT2D eigenvalue weighted by molar-refractivity contribution is 5.80. The molecule has 0 aliphatic carbocycles. The van der Waals surface area contributed by atoms with Crippen molar-refractivity contribution < 1.29 is 19.4 Å². The molecular formula is C12H21NO4. The molecule has 0 saturated carbocycles. The summed E-state index contributed by atoms with van der Waals surface area (Å²) >= 11 is 0. The summed E-state index contributed by atoms with van der Waals surface area (Å²) < 4.78 is 5.15. The topological polar surface area (TPSA) is 66.8 Å². The molecule has 1 amide bonds. The second-order valence-corrected chi connectivity index (χ2v) is 5.08. The van der Waals surface area contributed by atoms with Crippen LogP contribution in [-0.2, 0) is 9.53 Å². The smallest absolute Gasteiger partial charge is 0.411 e. The summed E-state index contributed by atoms with van der Waals surface area (Å²) in [6.07, 6.45) is -0.643. The Morgan fingerprint density at radius 2 is 1.88 bits per heavy atom. The van der Waals surface area contributed by atoms with Crippen molar-refractivity contribution in [3.05, 3.63) is 12.2 Å². The fourth-order valence-corrected chi connectivity index (χ4v) is 1.10. The molecule has 98 valence electrons. The van der Waals surface area contributed by atoms with Crippen LogP contribution in [0.4, 0.5) is 4.79 Å². The minimum absolute atomic E-state index is 0.169. The lowest BCUT2D eigenvalue weighted by atomic mass is 10.2. The number of aliphatic carboxylic acids is 1. The van der Waals surface area contributed by atoms with E-state index >= 15 is 0 Å². The van der Waals surface area contributed by atoms with Gasteiger partial charge in [0.1, 0.15) is 11.6 Å². The van der Waals surface area contributed by atoms with E-state index in [0.29, 0.717) is 5.57 Å². The molecule has 0 aliphatic heterocycles. The Morgan fingerprint density at radius 1 is 1.41 bits per heavy atom. The van der Waals surface area contributed by atoms with E-state index < -0.39 is 23.7 Å². The molecule has 0 saturated heterocycles. The number of carboxylic acids is 1. The second kappa shape index (κ2) is 5.70. The van der Waals surface area contributed by atoms with E-state index in [9.17, 15) is 9.59 Å². The Hall–Kier alpha value is -1.52. The van der Waals surface area contributed by atoms with Gasteiger partial charge in [0.15, 0.2) is 0 Å². The van der Waals surface area contributed by atoms with Crippen molar-refractivity contribution in [1.82, 2.24) is 4.90 Å². The molecule has 0 rings (SSSR count). The lowest BCUT2D eigenvalue weighted by Crippen LogP contribution is -2.46. The zero-order valence-corrected chi connectivity index (χ0v) is 11.1. The summed E-state index contributed by atoms with van der Waals surface area (Å²) in [6.45, 7) is 12.2. The number of ether oxygens (including phenoxy) is 1. The van der Waals surface area contributed by atoms with Crippen molar-refractivity contribution in [3.8, 4) is 0 Å². The fraction of sp³-hybridized carbons (Fsp3) is 0.667. The van der Waals surface area contributed by atoms with Crippen LogP contribution in [0.1, 0.15) is 34.6 Å². The SMILES string of the molecule is C=C(C)CN(C(=O)OC(C)(C)C)[C@@H](C)C(=O)O. The predicted molar refractivity (Wildman–Crippen MR) is 64.9 cm³/mol. The summed E-state index contributed by atoms with van der Waals surface area (Å²) in [5.74, 6) is -1.07. The van der Waals surface area contributed by atoms with E-state index in [4.69, 9.17) is 9.84 Å². The van der Waals surface area contributed by atoms with Gasteiger partial charge in [-0.05, 0) is 34.6 Å². The van der Waals surface area contributed by atoms with Crippen LogP contribution in [0.5, 0.6) is 0 Å². The third-order valence-electron chi connectivity index (χ3n) is 1.89. The largest absolute Gasteiger partial charge is 0.480 e. The summed E-state index contributed by atoms with van der Waals surface area (Å²) in [5, 5.41) is 8.93. The Morgan fingerprint density at radius 3 is 2.18 bits per heavy atom. The van der Waals surface area contributed by atoms with Gasteiger partial charge in [0.05, 0.1) is 0 Å². The molecule has 0 bridgehead atoms. The van der Waals surface area contributed by atoms with Gasteiger partial charge in [-0.25, -0.2) is 9.59 Å². The number of rotatable bonds is 4. The van der Waals surface area contributed by atoms with Crippen molar-refractivity contribution in [1.29, 1.82) is 0 Å². The van der Waals surface area contributed by atoms with Crippen LogP contribution >= 0.6 is 0 Å². The summed E-state index contributed by atoms with van der Waals surface area (Å²) in [5.41, 5.74) is 0.0479. The molecule has 0 aromatic heterocycles. The van der Waals surface area contributed by atoms with Gasteiger partial charge in [0, 0.05) is 6.54 Å². The van der Waals surface area contributed by atoms with Gasteiger partial charge in [0.2, 0.25) is 0 Å². The molecule has 0 aromatic carbocycles. The maximum absolute atomic E-state index is 11.8. The van der Waals surface area contributed by atoms with Crippen molar-refractivity contribution >= 4 is 12.1 Å². The number of hydrogen-bond donors (Lipinski definition) is 1. The molecular weight excluding hydrogens is 222 g/mol. The number of hydrogen-bond acceptors (Lipinski definition) is 3. The fourth-order valence-electron chi connectivity index (χ4n) is 1.10. The number of amides is 1. The third kappa shape index (κ3) is 5.94. The molecule has 0 aliphatic rings. The number of carbonyl (C=O) groups is 2. The van der Waals surface area contributed by atoms with Crippen LogP contribution in [0, 0.1) is 0 Å². The predicted octanol–water partition coefficient (Wildman–Crippen LogP) is 2.27. The van der Waals surface area contributed by atoms with E-state index in [-0.39, 0.29) is 6.54 Å². The summed E-state index contributed by atoms with van der Waals surface area (Å²) in [7, 11) is 0. The molecule has 0 radical (unpaired) electrons. The molecule has 0 spiro atoms. The second-order valence-electron chi connectivity index (χ2n) is 5.08. The van der Waals surface area contributed by atoms with Gasteiger partial charge < -0.3 is 9.84 Å². The minimum Gasteiger partial charge on any atom is -0.480 e. The van der Waals surface area contributed by atoms with Crippen LogP contribution in [0.3, 0.4) is 0 Å². The molecule has 0 fully saturated rings. The summed E-state index contributed by atoms with van der Waals surface area (Å²) in [4.78, 5) is 23.9. The van der Waals surface area contributed by atoms with Crippen LogP contribution in [0.15, 0.2) is 12.2 Å². The van der Waals surface area contributed by atoms with Crippen LogP contribution in [0.25, 0.3) is 0 Å². The van der Waals surface area contributed by atoms with E-state index in [1.54, 1.807) is 27.7 Å². The third-order valence-corrected chi connectivity index (χ3v) is 1.89. The monoisotopic (exact) mass is 243 g/mol. The molecule has 5 nitrogen and oxygen atoms in total. The van der Waals surface area contributed by atoms with E-state index in [1.807, 2.05) is 0 Å². The molecule has 0 aromatic rings. The quantitative estimate of drug-likeness (QED) is 0.769. The zero-order valence-electron chi connectivity index (χ0n) is 11.1. The maximum Gasteiger partial charge on any atom is 0.411 e. The Kier molecular flexibility index (Phi) is 5.19. The van der Waals surface area contributed by atoms with Gasteiger partial charge in [-0.2, -0.15) is 0 Å². The molecule has 5 heteroatoms. The molecule has 1 atom stereocenters. The molecule has 17 heavy (non-hydrogen) atoms. The van der Waals surface area contributed by atoms with Gasteiger partial charge >= 0.3 is 12.1 Å². The van der Waals surface area contributed by atoms with Crippen molar-refractivity contribution in [2.75, 3.05) is 6.54 Å². The van der Waals surface area contributed by atoms with Gasteiger partial charge in [-0.3, -0.25) is 4.90 Å². The highest BCUT2D eigenvalue weighted by Gasteiger charge is 2.29. The van der Waals surface area contributed by atoms with Gasteiger partial charge in [-0.15, -0.1) is 0 Å². The summed E-state index contributed by atoms with van der Waals surface area (Å²) in [6, 6.07) is -0.943. The van der Waals surface area contributed by atoms with Crippen LogP contribution < -0.4 is 0 Å². The van der Waals surface area contributed by atoms with Gasteiger partial charge in [-0.1, -0.05) is 12.2 Å². The lowest BCUT2D eigenvalue weighted by molar-refractivity contribution is -0.142. The first-order chi connectivity index (χ1) is 7.54. The van der Waals surface area contributed by atoms with E-state index in [0.717, 1.165) is 4.90 Å². The first-order valence-electron chi connectivity index (χ1n) is 5.41. The first-order valence-corrected chi connectivity index (χ1v) is 5.41. The highest BCUT2D eigenvalue weighted by atomic mass is 16.6. The molecule has 0 heterocycles. The standard InChI is InChI=1S/C12H21NO4/c1-8(2)7-13(9(3)10(14)15)11(16)17-12(4,5)6/h9H,1,7H2,2-6H3,(H,14,15)/t9-/m0/s1. The molecule has 1 N–H and O–H groups in total. The first kappa shape index (κ1) is 15.5. The van der Waals surface area contributed by atoms with Crippen molar-refractivity contribution in [2.24, 2.45) is 0 Å². The number of carbonyl (C=O) groups excluding carboxylic acids is 1. The average molecular weight is 243 g/mol. The Bertz CT molecular complexity index is 317. The number of carboxylic acid groups (broad SMARTS) is 1. The zero-order chi connectivity index (χ0) is 13.8. The highest BCUT2D eigenvalue weighted by Crippen LogP contribution is 2.13. The average Bonchev–Trinajstić information content (AvgIpc) is 2.09. The van der Waals surface area contributed by atoms with Crippen molar-refractivity contribution in [2.45, 2.75) is 46.3 Å². The maximum atomic E-state index is 11.8. The normalized spacial score (nSPS) is 12.8. The van der Waals surface area contributed by atoms with Crippen LogP contribution in [-0.4, -0.2) is 40.3 Å².